The molecule has 2 aliphatic heterocycles. The predicted octanol–water partition coefficient (Wildman–Crippen LogP) is 3.61. The Kier molecular flexibility index (Phi) is 4.99. The van der Waals surface area contributed by atoms with Gasteiger partial charge in [0, 0.05) is 36.8 Å². The lowest BCUT2D eigenvalue weighted by atomic mass is 9.98. The number of carbonyl (C=O) groups excluding carboxylic acids is 2. The Morgan fingerprint density at radius 2 is 1.83 bits per heavy atom. The number of likely N-dealkylation sites (tertiary alicyclic amines) is 1. The average molecular weight is 314 g/mol. The van der Waals surface area contributed by atoms with E-state index >= 15 is 0 Å². The Bertz CT molecular complexity index is 567. The molecule has 2 fully saturated rings. The van der Waals surface area contributed by atoms with Gasteiger partial charge >= 0.3 is 0 Å². The van der Waals surface area contributed by atoms with Crippen LogP contribution >= 0.6 is 0 Å². The van der Waals surface area contributed by atoms with Gasteiger partial charge < -0.3 is 9.80 Å². The van der Waals surface area contributed by atoms with Gasteiger partial charge in [-0.25, -0.2) is 0 Å². The number of benzene rings is 1. The molecule has 4 heteroatoms. The molecule has 0 N–H and O–H groups in total. The molecule has 0 aliphatic carbocycles. The number of amides is 2. The molecule has 0 saturated carbocycles. The summed E-state index contributed by atoms with van der Waals surface area (Å²) in [6.07, 6.45) is 7.12. The summed E-state index contributed by atoms with van der Waals surface area (Å²) in [5.41, 5.74) is 1.65. The van der Waals surface area contributed by atoms with Gasteiger partial charge in [-0.15, -0.1) is 0 Å². The summed E-state index contributed by atoms with van der Waals surface area (Å²) in [7, 11) is 0. The zero-order valence-corrected chi connectivity index (χ0v) is 14.0. The number of piperidine rings is 2. The van der Waals surface area contributed by atoms with Gasteiger partial charge in [0.25, 0.3) is 5.91 Å². The molecule has 23 heavy (non-hydrogen) atoms. The molecule has 1 aromatic rings. The first-order chi connectivity index (χ1) is 11.2. The second-order valence-electron chi connectivity index (χ2n) is 6.61. The molecule has 2 heterocycles. The molecule has 0 bridgehead atoms. The molecule has 2 aliphatic rings. The Balaban J connectivity index is 1.73. The van der Waals surface area contributed by atoms with Gasteiger partial charge in [-0.2, -0.15) is 0 Å². The van der Waals surface area contributed by atoms with E-state index in [0.717, 1.165) is 56.4 Å². The van der Waals surface area contributed by atoms with Crippen molar-refractivity contribution in [1.82, 2.24) is 4.90 Å². The van der Waals surface area contributed by atoms with Gasteiger partial charge in [0.05, 0.1) is 0 Å². The topological polar surface area (TPSA) is 40.6 Å². The van der Waals surface area contributed by atoms with Gasteiger partial charge in [0.2, 0.25) is 5.91 Å². The molecule has 2 amide bonds. The minimum atomic E-state index is 0.132. The highest BCUT2D eigenvalue weighted by Gasteiger charge is 2.26. The molecule has 2 saturated heterocycles. The predicted molar refractivity (Wildman–Crippen MR) is 91.6 cm³/mol. The van der Waals surface area contributed by atoms with Crippen LogP contribution in [0.25, 0.3) is 0 Å². The number of rotatable bonds is 3. The quantitative estimate of drug-likeness (QED) is 0.855. The third kappa shape index (κ3) is 3.41. The lowest BCUT2D eigenvalue weighted by molar-refractivity contribution is -0.119. The lowest BCUT2D eigenvalue weighted by Crippen LogP contribution is -2.43. The standard InChI is InChI=1S/C19H26N2O2/c1-2-16-7-3-5-14-21(16)19(23)15-9-11-17(12-10-15)20-13-6-4-8-18(20)22/h9-12,16H,2-8,13-14H2,1H3. The van der Waals surface area contributed by atoms with Crippen molar-refractivity contribution in [3.8, 4) is 0 Å². The van der Waals surface area contributed by atoms with Gasteiger partial charge in [0.1, 0.15) is 0 Å². The van der Waals surface area contributed by atoms with Gasteiger partial charge in [0.15, 0.2) is 0 Å². The Morgan fingerprint density at radius 1 is 1.09 bits per heavy atom. The molecule has 0 spiro atoms. The summed E-state index contributed by atoms with van der Waals surface area (Å²) in [5, 5.41) is 0. The van der Waals surface area contributed by atoms with Crippen molar-refractivity contribution in [1.29, 1.82) is 0 Å². The van der Waals surface area contributed by atoms with Crippen molar-refractivity contribution in [3.05, 3.63) is 29.8 Å². The molecule has 124 valence electrons. The zero-order chi connectivity index (χ0) is 16.2. The molecule has 0 radical (unpaired) electrons. The van der Waals surface area contributed by atoms with E-state index in [2.05, 4.69) is 6.92 Å². The van der Waals surface area contributed by atoms with Crippen molar-refractivity contribution in [2.45, 2.75) is 57.9 Å². The smallest absolute Gasteiger partial charge is 0.254 e. The molecule has 1 aromatic carbocycles. The van der Waals surface area contributed by atoms with Crippen LogP contribution in [-0.4, -0.2) is 35.8 Å². The van der Waals surface area contributed by atoms with Crippen LogP contribution in [0.15, 0.2) is 24.3 Å². The van der Waals surface area contributed by atoms with Crippen LogP contribution in [0, 0.1) is 0 Å². The first-order valence-electron chi connectivity index (χ1n) is 8.92. The van der Waals surface area contributed by atoms with Crippen LogP contribution in [0.1, 0.15) is 62.2 Å². The van der Waals surface area contributed by atoms with Crippen LogP contribution in [0.3, 0.4) is 0 Å². The Morgan fingerprint density at radius 3 is 2.52 bits per heavy atom. The fraction of sp³-hybridized carbons (Fsp3) is 0.579. The largest absolute Gasteiger partial charge is 0.336 e. The number of nitrogens with zero attached hydrogens (tertiary/aromatic N) is 2. The number of anilines is 1. The molecular weight excluding hydrogens is 288 g/mol. The van der Waals surface area contributed by atoms with Crippen LogP contribution in [-0.2, 0) is 4.79 Å². The van der Waals surface area contributed by atoms with E-state index in [-0.39, 0.29) is 11.8 Å². The minimum Gasteiger partial charge on any atom is -0.336 e. The van der Waals surface area contributed by atoms with Gasteiger partial charge in [-0.05, 0) is 62.8 Å². The van der Waals surface area contributed by atoms with Crippen molar-refractivity contribution in [2.75, 3.05) is 18.0 Å². The second kappa shape index (κ2) is 7.16. The van der Waals surface area contributed by atoms with E-state index < -0.39 is 0 Å². The average Bonchev–Trinajstić information content (AvgIpc) is 2.61. The summed E-state index contributed by atoms with van der Waals surface area (Å²) in [6.45, 7) is 3.81. The minimum absolute atomic E-state index is 0.132. The maximum atomic E-state index is 12.8. The van der Waals surface area contributed by atoms with E-state index in [1.807, 2.05) is 34.1 Å². The van der Waals surface area contributed by atoms with Crippen molar-refractivity contribution in [3.63, 3.8) is 0 Å². The van der Waals surface area contributed by atoms with E-state index in [1.165, 1.54) is 6.42 Å². The van der Waals surface area contributed by atoms with Crippen molar-refractivity contribution < 1.29 is 9.59 Å². The highest BCUT2D eigenvalue weighted by Crippen LogP contribution is 2.24. The molecule has 1 atom stereocenters. The number of carbonyl (C=O) groups is 2. The van der Waals surface area contributed by atoms with Crippen LogP contribution in [0.4, 0.5) is 5.69 Å². The van der Waals surface area contributed by atoms with Gasteiger partial charge in [-0.1, -0.05) is 6.92 Å². The molecular formula is C19H26N2O2. The van der Waals surface area contributed by atoms with Crippen molar-refractivity contribution in [2.24, 2.45) is 0 Å². The number of hydrogen-bond acceptors (Lipinski definition) is 2. The SMILES string of the molecule is CCC1CCCCN1C(=O)c1ccc(N2CCCCC2=O)cc1. The summed E-state index contributed by atoms with van der Waals surface area (Å²) < 4.78 is 0. The highest BCUT2D eigenvalue weighted by atomic mass is 16.2. The summed E-state index contributed by atoms with van der Waals surface area (Å²) in [5.74, 6) is 0.325. The fourth-order valence-corrected chi connectivity index (χ4v) is 3.72. The third-order valence-electron chi connectivity index (χ3n) is 5.11. The summed E-state index contributed by atoms with van der Waals surface area (Å²) >= 11 is 0. The maximum Gasteiger partial charge on any atom is 0.254 e. The van der Waals surface area contributed by atoms with Crippen LogP contribution < -0.4 is 4.90 Å². The van der Waals surface area contributed by atoms with E-state index in [1.54, 1.807) is 0 Å². The lowest BCUT2D eigenvalue weighted by Gasteiger charge is -2.35. The first kappa shape index (κ1) is 16.0. The van der Waals surface area contributed by atoms with Crippen molar-refractivity contribution >= 4 is 17.5 Å². The molecule has 4 nitrogen and oxygen atoms in total. The van der Waals surface area contributed by atoms with E-state index in [0.29, 0.717) is 12.5 Å². The molecule has 3 rings (SSSR count). The van der Waals surface area contributed by atoms with E-state index in [9.17, 15) is 9.59 Å². The summed E-state index contributed by atoms with van der Waals surface area (Å²) in [6, 6.07) is 7.96. The normalized spacial score (nSPS) is 22.3. The second-order valence-corrected chi connectivity index (χ2v) is 6.61. The highest BCUT2D eigenvalue weighted by molar-refractivity contribution is 5.97. The van der Waals surface area contributed by atoms with Crippen LogP contribution in [0.5, 0.6) is 0 Å². The first-order valence-corrected chi connectivity index (χ1v) is 8.92. The Labute approximate surface area is 138 Å². The number of hydrogen-bond donors (Lipinski definition) is 0. The Hall–Kier alpha value is -1.84. The zero-order valence-electron chi connectivity index (χ0n) is 14.0. The third-order valence-corrected chi connectivity index (χ3v) is 5.11. The van der Waals surface area contributed by atoms with Crippen LogP contribution in [0.2, 0.25) is 0 Å². The van der Waals surface area contributed by atoms with Gasteiger partial charge in [-0.3, -0.25) is 9.59 Å². The van der Waals surface area contributed by atoms with E-state index in [4.69, 9.17) is 0 Å². The summed E-state index contributed by atoms with van der Waals surface area (Å²) in [4.78, 5) is 28.6. The molecule has 1 unspecified atom stereocenters. The maximum absolute atomic E-state index is 12.8. The monoisotopic (exact) mass is 314 g/mol. The fourth-order valence-electron chi connectivity index (χ4n) is 3.72. The molecule has 0 aromatic heterocycles.